The molecule has 3 saturated heterocycles. The lowest BCUT2D eigenvalue weighted by atomic mass is 10.1. The molecule has 0 spiro atoms. The van der Waals surface area contributed by atoms with Gasteiger partial charge in [-0.2, -0.15) is 4.31 Å². The number of benzene rings is 2. The molecule has 2 aromatic carbocycles. The summed E-state index contributed by atoms with van der Waals surface area (Å²) in [7, 11) is -3.48. The van der Waals surface area contributed by atoms with E-state index < -0.39 is 27.4 Å². The molecule has 1 unspecified atom stereocenters. The monoisotopic (exact) mass is 399 g/mol. The highest BCUT2D eigenvalue weighted by Crippen LogP contribution is 2.44. The molecule has 3 fully saturated rings. The second-order valence-corrected chi connectivity index (χ2v) is 10.4. The van der Waals surface area contributed by atoms with Gasteiger partial charge in [-0.25, -0.2) is 18.1 Å². The number of fused-ring (bicyclic) bond motifs is 6. The van der Waals surface area contributed by atoms with Crippen molar-refractivity contribution >= 4 is 38.4 Å². The number of rotatable bonds is 3. The Morgan fingerprint density at radius 3 is 2.50 bits per heavy atom. The van der Waals surface area contributed by atoms with E-state index in [1.807, 2.05) is 36.4 Å². The summed E-state index contributed by atoms with van der Waals surface area (Å²) in [5, 5.41) is 1.22. The number of imide groups is 1. The van der Waals surface area contributed by atoms with E-state index >= 15 is 0 Å². The Morgan fingerprint density at radius 1 is 1.04 bits per heavy atom. The first-order valence-electron chi connectivity index (χ1n) is 9.47. The molecule has 2 aromatic rings. The number of carbonyl (C=O) groups is 2. The average Bonchev–Trinajstić information content (AvgIpc) is 3.33. The Hall–Kier alpha value is -2.45. The van der Waals surface area contributed by atoms with E-state index in [0.717, 1.165) is 10.8 Å². The fourth-order valence-electron chi connectivity index (χ4n) is 4.80. The molecule has 28 heavy (non-hydrogen) atoms. The summed E-state index contributed by atoms with van der Waals surface area (Å²) in [6.45, 7) is 3.55. The topological polar surface area (TPSA) is 78.0 Å². The highest BCUT2D eigenvalue weighted by atomic mass is 32.2. The molecular weight excluding hydrogens is 378 g/mol. The summed E-state index contributed by atoms with van der Waals surface area (Å²) in [5.74, 6) is -0.336. The summed E-state index contributed by atoms with van der Waals surface area (Å²) in [4.78, 5) is 29.3. The van der Waals surface area contributed by atoms with E-state index in [0.29, 0.717) is 12.1 Å². The molecule has 3 amide bonds. The molecule has 0 saturated carbocycles. The van der Waals surface area contributed by atoms with Crippen molar-refractivity contribution in [2.24, 2.45) is 0 Å². The average molecular weight is 399 g/mol. The fraction of sp³-hybridized carbons (Fsp3) is 0.400. The number of sulfonamides is 1. The van der Waals surface area contributed by atoms with Crippen LogP contribution in [0.5, 0.6) is 0 Å². The van der Waals surface area contributed by atoms with Crippen LogP contribution in [-0.4, -0.2) is 59.5 Å². The molecule has 8 heteroatoms. The quantitative estimate of drug-likeness (QED) is 0.741. The van der Waals surface area contributed by atoms with Gasteiger partial charge in [-0.05, 0) is 31.7 Å². The zero-order valence-corrected chi connectivity index (χ0v) is 16.5. The molecule has 3 atom stereocenters. The van der Waals surface area contributed by atoms with Crippen LogP contribution in [0.3, 0.4) is 0 Å². The van der Waals surface area contributed by atoms with Crippen LogP contribution in [0.4, 0.5) is 10.5 Å². The Kier molecular flexibility index (Phi) is 3.64. The molecule has 0 aromatic heterocycles. The third-order valence-corrected chi connectivity index (χ3v) is 8.41. The Morgan fingerprint density at radius 2 is 1.75 bits per heavy atom. The van der Waals surface area contributed by atoms with Crippen molar-refractivity contribution in [3.05, 3.63) is 42.5 Å². The first-order valence-corrected chi connectivity index (χ1v) is 11.0. The largest absolute Gasteiger partial charge is 0.332 e. The van der Waals surface area contributed by atoms with E-state index in [2.05, 4.69) is 0 Å². The van der Waals surface area contributed by atoms with Gasteiger partial charge >= 0.3 is 6.03 Å². The van der Waals surface area contributed by atoms with Crippen LogP contribution in [0.25, 0.3) is 10.8 Å². The van der Waals surface area contributed by atoms with Crippen LogP contribution in [-0.2, 0) is 14.8 Å². The zero-order valence-electron chi connectivity index (χ0n) is 15.6. The number of nitrogens with zero attached hydrogens (tertiary/aromatic N) is 3. The van der Waals surface area contributed by atoms with Crippen molar-refractivity contribution < 1.29 is 18.0 Å². The number of urea groups is 1. The van der Waals surface area contributed by atoms with Crippen LogP contribution in [0.2, 0.25) is 0 Å². The minimum Gasteiger partial charge on any atom is -0.306 e. The molecule has 2 bridgehead atoms. The van der Waals surface area contributed by atoms with Crippen molar-refractivity contribution in [2.75, 3.05) is 11.4 Å². The van der Waals surface area contributed by atoms with E-state index in [1.54, 1.807) is 24.8 Å². The third-order valence-electron chi connectivity index (χ3n) is 6.15. The first-order chi connectivity index (χ1) is 13.3. The maximum absolute atomic E-state index is 13.3. The molecule has 3 aliphatic heterocycles. The van der Waals surface area contributed by atoms with Gasteiger partial charge in [0.05, 0.1) is 17.0 Å². The number of hydrogen-bond donors (Lipinski definition) is 0. The van der Waals surface area contributed by atoms with E-state index in [-0.39, 0.29) is 24.5 Å². The van der Waals surface area contributed by atoms with Crippen molar-refractivity contribution in [1.29, 1.82) is 0 Å². The van der Waals surface area contributed by atoms with Gasteiger partial charge in [0.15, 0.2) is 0 Å². The lowest BCUT2D eigenvalue weighted by Gasteiger charge is -2.34. The minimum atomic E-state index is -3.48. The number of carbonyl (C=O) groups excluding carboxylic acids is 2. The first kappa shape index (κ1) is 17.6. The van der Waals surface area contributed by atoms with Gasteiger partial charge in [0.1, 0.15) is 6.04 Å². The number of hydrogen-bond acceptors (Lipinski definition) is 4. The van der Waals surface area contributed by atoms with Gasteiger partial charge in [-0.1, -0.05) is 36.4 Å². The summed E-state index contributed by atoms with van der Waals surface area (Å²) < 4.78 is 26.9. The predicted octanol–water partition coefficient (Wildman–Crippen LogP) is 2.17. The zero-order chi connectivity index (χ0) is 19.8. The third kappa shape index (κ3) is 2.15. The number of amides is 3. The minimum absolute atomic E-state index is 0.250. The standard InChI is InChI=1S/C20H21N3O4S/c1-12(2)28(26,27)21-11-14-10-17(21)18-19(24)23(20(25)22(14)18)16-9-5-7-13-6-3-4-8-15(13)16/h3-9,12,14,17-18H,10-11H2,1-2H3/t14-,17?,18+/m1/s1. The molecule has 3 heterocycles. The van der Waals surface area contributed by atoms with Crippen LogP contribution in [0.1, 0.15) is 20.3 Å². The number of anilines is 1. The van der Waals surface area contributed by atoms with E-state index in [1.165, 1.54) is 9.21 Å². The van der Waals surface area contributed by atoms with Crippen molar-refractivity contribution in [1.82, 2.24) is 9.21 Å². The lowest BCUT2D eigenvalue weighted by molar-refractivity contribution is -0.120. The molecule has 146 valence electrons. The predicted molar refractivity (Wildman–Crippen MR) is 105 cm³/mol. The van der Waals surface area contributed by atoms with Crippen LogP contribution in [0, 0.1) is 0 Å². The second-order valence-electron chi connectivity index (χ2n) is 7.93. The van der Waals surface area contributed by atoms with Gasteiger partial charge < -0.3 is 4.90 Å². The fourth-order valence-corrected chi connectivity index (χ4v) is 6.30. The summed E-state index contributed by atoms with van der Waals surface area (Å²) >= 11 is 0. The van der Waals surface area contributed by atoms with Gasteiger partial charge in [0.25, 0.3) is 5.91 Å². The Balaban J connectivity index is 1.56. The molecule has 0 N–H and O–H groups in total. The van der Waals surface area contributed by atoms with E-state index in [4.69, 9.17) is 0 Å². The summed E-state index contributed by atoms with van der Waals surface area (Å²) in [6, 6.07) is 11.3. The Labute approximate surface area is 163 Å². The maximum Gasteiger partial charge on any atom is 0.332 e. The highest BCUT2D eigenvalue weighted by Gasteiger charge is 2.64. The second kappa shape index (κ2) is 5.78. The van der Waals surface area contributed by atoms with Crippen molar-refractivity contribution in [3.63, 3.8) is 0 Å². The number of piperazine rings is 1. The van der Waals surface area contributed by atoms with Crippen molar-refractivity contribution in [3.8, 4) is 0 Å². The van der Waals surface area contributed by atoms with Crippen LogP contribution in [0.15, 0.2) is 42.5 Å². The maximum atomic E-state index is 13.3. The van der Waals surface area contributed by atoms with Gasteiger partial charge in [-0.3, -0.25) is 4.79 Å². The SMILES string of the molecule is CC(C)S(=O)(=O)N1C[C@H]2CC1[C@H]1C(=O)N(c3cccc4ccccc34)C(=O)N21. The highest BCUT2D eigenvalue weighted by molar-refractivity contribution is 7.89. The van der Waals surface area contributed by atoms with Crippen molar-refractivity contribution in [2.45, 2.75) is 43.6 Å². The van der Waals surface area contributed by atoms with E-state index in [9.17, 15) is 18.0 Å². The molecule has 0 aliphatic carbocycles. The molecule has 5 rings (SSSR count). The molecule has 3 aliphatic rings. The van der Waals surface area contributed by atoms with Gasteiger partial charge in [0, 0.05) is 18.0 Å². The van der Waals surface area contributed by atoms with Crippen LogP contribution < -0.4 is 4.90 Å². The van der Waals surface area contributed by atoms with Gasteiger partial charge in [-0.15, -0.1) is 0 Å². The Bertz CT molecular complexity index is 1110. The summed E-state index contributed by atoms with van der Waals surface area (Å²) in [6.07, 6.45) is 0.525. The normalized spacial score (nSPS) is 27.5. The molecular formula is C20H21N3O4S. The summed E-state index contributed by atoms with van der Waals surface area (Å²) in [5.41, 5.74) is 0.556. The van der Waals surface area contributed by atoms with Crippen LogP contribution >= 0.6 is 0 Å². The van der Waals surface area contributed by atoms with Gasteiger partial charge in [0.2, 0.25) is 10.0 Å². The smallest absolute Gasteiger partial charge is 0.306 e. The molecule has 7 nitrogen and oxygen atoms in total. The lowest BCUT2D eigenvalue weighted by Crippen LogP contribution is -2.55. The molecule has 0 radical (unpaired) electrons.